The number of nitrogen functional groups attached to an aromatic ring is 1. The van der Waals surface area contributed by atoms with E-state index in [2.05, 4.69) is 5.32 Å². The quantitative estimate of drug-likeness (QED) is 0.644. The monoisotopic (exact) mass is 296 g/mol. The van der Waals surface area contributed by atoms with Gasteiger partial charge < -0.3 is 20.6 Å². The molecule has 0 saturated heterocycles. The molecule has 5 nitrogen and oxygen atoms in total. The van der Waals surface area contributed by atoms with E-state index < -0.39 is 0 Å². The lowest BCUT2D eigenvalue weighted by Gasteiger charge is -2.07. The number of nitrogens with two attached hydrogens (primary N) is 1. The van der Waals surface area contributed by atoms with Gasteiger partial charge in [-0.15, -0.1) is 0 Å². The number of rotatable bonds is 4. The van der Waals surface area contributed by atoms with Gasteiger partial charge in [0.1, 0.15) is 11.3 Å². The van der Waals surface area contributed by atoms with E-state index in [0.29, 0.717) is 29.0 Å². The van der Waals surface area contributed by atoms with Crippen LogP contribution in [-0.4, -0.2) is 18.3 Å². The van der Waals surface area contributed by atoms with E-state index >= 15 is 0 Å². The summed E-state index contributed by atoms with van der Waals surface area (Å²) in [4.78, 5) is 12.2. The molecule has 0 aliphatic rings. The molecule has 0 spiro atoms. The number of anilines is 2. The summed E-state index contributed by atoms with van der Waals surface area (Å²) in [6.07, 6.45) is 0. The zero-order valence-electron chi connectivity index (χ0n) is 11.9. The lowest BCUT2D eigenvalue weighted by Crippen LogP contribution is -2.05. The van der Waals surface area contributed by atoms with Gasteiger partial charge in [0.15, 0.2) is 5.43 Å². The Balaban J connectivity index is 2.01. The molecule has 0 aliphatic heterocycles. The second-order valence-corrected chi connectivity index (χ2v) is 4.92. The minimum Gasteiger partial charge on any atom is -0.456 e. The molecule has 0 bridgehead atoms. The molecular weight excluding hydrogens is 280 g/mol. The van der Waals surface area contributed by atoms with E-state index in [1.807, 2.05) is 24.3 Å². The molecule has 0 amide bonds. The topological polar surface area (TPSA) is 88.5 Å². The van der Waals surface area contributed by atoms with Crippen molar-refractivity contribution < 1.29 is 9.52 Å². The second kappa shape index (κ2) is 5.91. The van der Waals surface area contributed by atoms with Crippen LogP contribution in [0.5, 0.6) is 0 Å². The SMILES string of the molecule is Nc1cccc2oc(-c3ccc(NCCO)cc3)cc(=O)c12. The highest BCUT2D eigenvalue weighted by molar-refractivity contribution is 5.89. The van der Waals surface area contributed by atoms with Crippen LogP contribution in [0.1, 0.15) is 0 Å². The number of fused-ring (bicyclic) bond motifs is 1. The molecule has 0 saturated carbocycles. The van der Waals surface area contributed by atoms with Crippen molar-refractivity contribution in [3.05, 3.63) is 58.8 Å². The van der Waals surface area contributed by atoms with E-state index in [1.54, 1.807) is 18.2 Å². The minimum absolute atomic E-state index is 0.0721. The number of benzene rings is 2. The van der Waals surface area contributed by atoms with E-state index in [9.17, 15) is 4.79 Å². The number of hydrogen-bond acceptors (Lipinski definition) is 5. The molecule has 5 heteroatoms. The van der Waals surface area contributed by atoms with Crippen molar-refractivity contribution in [3.63, 3.8) is 0 Å². The molecule has 3 aromatic rings. The van der Waals surface area contributed by atoms with Crippen molar-refractivity contribution in [3.8, 4) is 11.3 Å². The van der Waals surface area contributed by atoms with Crippen LogP contribution in [0.2, 0.25) is 0 Å². The Morgan fingerprint density at radius 2 is 1.91 bits per heavy atom. The van der Waals surface area contributed by atoms with Crippen molar-refractivity contribution >= 4 is 22.3 Å². The standard InChI is InChI=1S/C17H16N2O3/c18-13-2-1-3-15-17(13)14(21)10-16(22-15)11-4-6-12(7-5-11)19-8-9-20/h1-7,10,19-20H,8-9,18H2. The van der Waals surface area contributed by atoms with Crippen LogP contribution in [0.3, 0.4) is 0 Å². The molecule has 22 heavy (non-hydrogen) atoms. The molecule has 2 aromatic carbocycles. The van der Waals surface area contributed by atoms with Crippen molar-refractivity contribution in [1.29, 1.82) is 0 Å². The van der Waals surface area contributed by atoms with Crippen LogP contribution in [0.25, 0.3) is 22.3 Å². The Morgan fingerprint density at radius 1 is 1.14 bits per heavy atom. The average molecular weight is 296 g/mol. The van der Waals surface area contributed by atoms with Gasteiger partial charge in [-0.1, -0.05) is 6.07 Å². The third-order valence-corrected chi connectivity index (χ3v) is 3.40. The van der Waals surface area contributed by atoms with Gasteiger partial charge in [0.2, 0.25) is 0 Å². The average Bonchev–Trinajstić information content (AvgIpc) is 2.53. The molecule has 4 N–H and O–H groups in total. The third-order valence-electron chi connectivity index (χ3n) is 3.40. The zero-order chi connectivity index (χ0) is 15.5. The summed E-state index contributed by atoms with van der Waals surface area (Å²) in [5.74, 6) is 0.497. The predicted octanol–water partition coefficient (Wildman–Crippen LogP) is 2.45. The smallest absolute Gasteiger partial charge is 0.195 e. The van der Waals surface area contributed by atoms with E-state index in [0.717, 1.165) is 11.3 Å². The number of aliphatic hydroxyl groups excluding tert-OH is 1. The first-order chi connectivity index (χ1) is 10.7. The van der Waals surface area contributed by atoms with Crippen LogP contribution in [0.4, 0.5) is 11.4 Å². The van der Waals surface area contributed by atoms with Gasteiger partial charge >= 0.3 is 0 Å². The summed E-state index contributed by atoms with van der Waals surface area (Å²) in [6, 6.07) is 14.1. The molecule has 1 aromatic heterocycles. The molecular formula is C17H16N2O3. The molecule has 0 fully saturated rings. The molecule has 3 rings (SSSR count). The highest BCUT2D eigenvalue weighted by Gasteiger charge is 2.09. The van der Waals surface area contributed by atoms with Gasteiger partial charge in [0.25, 0.3) is 0 Å². The maximum Gasteiger partial charge on any atom is 0.195 e. The summed E-state index contributed by atoms with van der Waals surface area (Å²) in [6.45, 7) is 0.562. The molecule has 112 valence electrons. The fourth-order valence-electron chi connectivity index (χ4n) is 2.33. The Bertz CT molecular complexity index is 854. The van der Waals surface area contributed by atoms with Gasteiger partial charge in [0, 0.05) is 29.5 Å². The summed E-state index contributed by atoms with van der Waals surface area (Å²) in [5, 5.41) is 12.3. The van der Waals surface area contributed by atoms with Gasteiger partial charge in [-0.2, -0.15) is 0 Å². The fourth-order valence-corrected chi connectivity index (χ4v) is 2.33. The first-order valence-electron chi connectivity index (χ1n) is 6.96. The Kier molecular flexibility index (Phi) is 3.80. The van der Waals surface area contributed by atoms with Crippen molar-refractivity contribution in [2.24, 2.45) is 0 Å². The van der Waals surface area contributed by atoms with E-state index in [-0.39, 0.29) is 12.0 Å². The van der Waals surface area contributed by atoms with Crippen LogP contribution in [0, 0.1) is 0 Å². The largest absolute Gasteiger partial charge is 0.456 e. The maximum atomic E-state index is 12.2. The molecule has 1 heterocycles. The second-order valence-electron chi connectivity index (χ2n) is 4.92. The molecule has 0 atom stereocenters. The van der Waals surface area contributed by atoms with Crippen LogP contribution in [0.15, 0.2) is 57.7 Å². The minimum atomic E-state index is -0.156. The van der Waals surface area contributed by atoms with E-state index in [4.69, 9.17) is 15.3 Å². The van der Waals surface area contributed by atoms with Crippen molar-refractivity contribution in [2.75, 3.05) is 24.2 Å². The van der Waals surface area contributed by atoms with E-state index in [1.165, 1.54) is 6.07 Å². The Hall–Kier alpha value is -2.79. The first-order valence-corrected chi connectivity index (χ1v) is 6.96. The van der Waals surface area contributed by atoms with Crippen LogP contribution in [-0.2, 0) is 0 Å². The zero-order valence-corrected chi connectivity index (χ0v) is 11.9. The molecule has 0 unspecified atom stereocenters. The molecule has 0 radical (unpaired) electrons. The Labute approximate surface area is 127 Å². The van der Waals surface area contributed by atoms with Gasteiger partial charge in [0.05, 0.1) is 12.0 Å². The fraction of sp³-hybridized carbons (Fsp3) is 0.118. The summed E-state index contributed by atoms with van der Waals surface area (Å²) in [5.41, 5.74) is 8.26. The van der Waals surface area contributed by atoms with Crippen molar-refractivity contribution in [2.45, 2.75) is 0 Å². The van der Waals surface area contributed by atoms with Gasteiger partial charge in [-0.05, 0) is 36.4 Å². The third kappa shape index (κ3) is 2.66. The van der Waals surface area contributed by atoms with Crippen LogP contribution >= 0.6 is 0 Å². The Morgan fingerprint density at radius 3 is 2.64 bits per heavy atom. The van der Waals surface area contributed by atoms with Gasteiger partial charge in [-0.25, -0.2) is 0 Å². The van der Waals surface area contributed by atoms with Crippen LogP contribution < -0.4 is 16.5 Å². The summed E-state index contributed by atoms with van der Waals surface area (Å²) < 4.78 is 5.79. The lowest BCUT2D eigenvalue weighted by molar-refractivity contribution is 0.311. The highest BCUT2D eigenvalue weighted by atomic mass is 16.3. The summed E-state index contributed by atoms with van der Waals surface area (Å²) in [7, 11) is 0. The maximum absolute atomic E-state index is 12.2. The normalized spacial score (nSPS) is 10.8. The molecule has 0 aliphatic carbocycles. The van der Waals surface area contributed by atoms with Gasteiger partial charge in [-0.3, -0.25) is 4.79 Å². The predicted molar refractivity (Wildman–Crippen MR) is 87.9 cm³/mol. The summed E-state index contributed by atoms with van der Waals surface area (Å²) >= 11 is 0. The lowest BCUT2D eigenvalue weighted by atomic mass is 10.1. The highest BCUT2D eigenvalue weighted by Crippen LogP contribution is 2.25. The number of hydrogen-bond donors (Lipinski definition) is 3. The van der Waals surface area contributed by atoms with Crippen molar-refractivity contribution in [1.82, 2.24) is 0 Å². The number of aliphatic hydroxyl groups is 1. The number of nitrogens with one attached hydrogen (secondary N) is 1. The first kappa shape index (κ1) is 14.2.